The van der Waals surface area contributed by atoms with Crippen LogP contribution in [0, 0.1) is 10.1 Å². The first kappa shape index (κ1) is 25.3. The van der Waals surface area contributed by atoms with E-state index < -0.39 is 5.97 Å². The maximum Gasteiger partial charge on any atom is 0.356 e. The van der Waals surface area contributed by atoms with Gasteiger partial charge in [-0.3, -0.25) is 10.1 Å². The number of hydrogen-bond acceptors (Lipinski definition) is 6. The predicted octanol–water partition coefficient (Wildman–Crippen LogP) is 5.51. The molecule has 0 aromatic carbocycles. The normalized spacial score (nSPS) is 11.5. The first-order chi connectivity index (χ1) is 13.1. The van der Waals surface area contributed by atoms with Crippen molar-refractivity contribution in [3.8, 4) is 0 Å². The first-order valence-corrected chi connectivity index (χ1v) is 10.6. The molecule has 0 bridgehead atoms. The number of ether oxygens (including phenoxy) is 1. The molecular weight excluding hydrogens is 348 g/mol. The van der Waals surface area contributed by atoms with E-state index >= 15 is 0 Å². The zero-order valence-electron chi connectivity index (χ0n) is 17.0. The van der Waals surface area contributed by atoms with Crippen LogP contribution in [0.1, 0.15) is 103 Å². The summed E-state index contributed by atoms with van der Waals surface area (Å²) < 4.78 is 5.17. The highest BCUT2D eigenvalue weighted by Gasteiger charge is 2.13. The van der Waals surface area contributed by atoms with Crippen LogP contribution in [0.15, 0.2) is 5.16 Å². The Morgan fingerprint density at radius 3 is 1.96 bits per heavy atom. The smallest absolute Gasteiger partial charge is 0.356 e. The third-order valence-corrected chi connectivity index (χ3v) is 4.59. The minimum Gasteiger partial charge on any atom is -0.461 e. The van der Waals surface area contributed by atoms with Gasteiger partial charge in [0, 0.05) is 17.8 Å². The Labute approximate surface area is 163 Å². The second-order valence-corrected chi connectivity index (χ2v) is 7.09. The molecule has 0 aliphatic carbocycles. The molecule has 0 spiro atoms. The minimum atomic E-state index is -0.503. The van der Waals surface area contributed by atoms with E-state index in [1.54, 1.807) is 0 Å². The SMILES string of the molecule is CCCCCCCCOC(=O)/C(CCCCCCCCCC[N+](=O)[O-])=N/O. The Kier molecular flexibility index (Phi) is 17.9. The highest BCUT2D eigenvalue weighted by molar-refractivity contribution is 6.36. The number of hydrogen-bond donors (Lipinski definition) is 1. The zero-order valence-corrected chi connectivity index (χ0v) is 17.0. The third kappa shape index (κ3) is 17.5. The lowest BCUT2D eigenvalue weighted by Gasteiger charge is -2.06. The fourth-order valence-electron chi connectivity index (χ4n) is 2.92. The number of unbranched alkanes of at least 4 members (excludes halogenated alkanes) is 12. The number of esters is 1. The predicted molar refractivity (Wildman–Crippen MR) is 107 cm³/mol. The molecule has 0 amide bonds. The van der Waals surface area contributed by atoms with E-state index in [4.69, 9.17) is 9.94 Å². The number of nitrogens with zero attached hydrogens (tertiary/aromatic N) is 2. The quantitative estimate of drug-likeness (QED) is 0.0787. The molecular formula is C20H38N2O5. The summed E-state index contributed by atoms with van der Waals surface area (Å²) in [6, 6.07) is 0. The summed E-state index contributed by atoms with van der Waals surface area (Å²) >= 11 is 0. The molecule has 7 nitrogen and oxygen atoms in total. The van der Waals surface area contributed by atoms with Crippen molar-refractivity contribution in [3.63, 3.8) is 0 Å². The van der Waals surface area contributed by atoms with Crippen molar-refractivity contribution >= 4 is 11.7 Å². The van der Waals surface area contributed by atoms with E-state index in [1.807, 2.05) is 0 Å². The molecule has 0 aromatic heterocycles. The summed E-state index contributed by atoms with van der Waals surface area (Å²) in [7, 11) is 0. The molecule has 0 saturated carbocycles. The largest absolute Gasteiger partial charge is 0.461 e. The Morgan fingerprint density at radius 1 is 0.889 bits per heavy atom. The molecule has 0 rings (SSSR count). The number of nitro groups is 1. The Balaban J connectivity index is 3.54. The van der Waals surface area contributed by atoms with Crippen molar-refractivity contribution in [1.29, 1.82) is 0 Å². The van der Waals surface area contributed by atoms with Gasteiger partial charge in [0.2, 0.25) is 6.54 Å². The average molecular weight is 387 g/mol. The van der Waals surface area contributed by atoms with Crippen LogP contribution in [0.25, 0.3) is 0 Å². The van der Waals surface area contributed by atoms with Gasteiger partial charge in [0.1, 0.15) is 0 Å². The second-order valence-electron chi connectivity index (χ2n) is 7.09. The topological polar surface area (TPSA) is 102 Å². The molecule has 0 saturated heterocycles. The summed E-state index contributed by atoms with van der Waals surface area (Å²) in [5, 5.41) is 22.3. The first-order valence-electron chi connectivity index (χ1n) is 10.6. The van der Waals surface area contributed by atoms with Gasteiger partial charge >= 0.3 is 5.97 Å². The van der Waals surface area contributed by atoms with Crippen LogP contribution >= 0.6 is 0 Å². The van der Waals surface area contributed by atoms with Gasteiger partial charge in [-0.15, -0.1) is 0 Å². The number of carbonyl (C=O) groups excluding carboxylic acids is 1. The minimum absolute atomic E-state index is 0.0677. The molecule has 0 aromatic rings. The summed E-state index contributed by atoms with van der Waals surface area (Å²) in [5.74, 6) is -0.503. The molecule has 0 atom stereocenters. The van der Waals surface area contributed by atoms with Gasteiger partial charge in [0.25, 0.3) is 0 Å². The van der Waals surface area contributed by atoms with Gasteiger partial charge in [-0.2, -0.15) is 0 Å². The molecule has 0 aliphatic heterocycles. The monoisotopic (exact) mass is 386 g/mol. The standard InChI is InChI=1S/C20H38N2O5/c1-2-3-4-5-12-15-18-27-20(23)19(21-24)16-13-10-8-6-7-9-11-14-17-22(25)26/h24H,2-18H2,1H3/b21-19+. The van der Waals surface area contributed by atoms with Crippen molar-refractivity contribution in [2.24, 2.45) is 5.16 Å². The molecule has 27 heavy (non-hydrogen) atoms. The molecule has 7 heteroatoms. The lowest BCUT2D eigenvalue weighted by Crippen LogP contribution is -2.18. The summed E-state index contributed by atoms with van der Waals surface area (Å²) in [5.41, 5.74) is 0.112. The lowest BCUT2D eigenvalue weighted by atomic mass is 10.1. The van der Waals surface area contributed by atoms with Gasteiger partial charge in [-0.05, 0) is 19.3 Å². The summed E-state index contributed by atoms with van der Waals surface area (Å²) in [4.78, 5) is 21.8. The molecule has 0 heterocycles. The summed E-state index contributed by atoms with van der Waals surface area (Å²) in [6.07, 6.45) is 14.8. The van der Waals surface area contributed by atoms with Crippen LogP contribution in [0.3, 0.4) is 0 Å². The molecule has 158 valence electrons. The van der Waals surface area contributed by atoms with E-state index in [9.17, 15) is 14.9 Å². The lowest BCUT2D eigenvalue weighted by molar-refractivity contribution is -0.480. The third-order valence-electron chi connectivity index (χ3n) is 4.59. The van der Waals surface area contributed by atoms with E-state index in [0.717, 1.165) is 57.8 Å². The van der Waals surface area contributed by atoms with Crippen LogP contribution in [0.5, 0.6) is 0 Å². The average Bonchev–Trinajstić information content (AvgIpc) is 2.65. The van der Waals surface area contributed by atoms with Crippen molar-refractivity contribution in [2.45, 2.75) is 103 Å². The van der Waals surface area contributed by atoms with E-state index in [1.165, 1.54) is 25.7 Å². The van der Waals surface area contributed by atoms with Gasteiger partial charge < -0.3 is 9.94 Å². The fraction of sp³-hybridized carbons (Fsp3) is 0.900. The Hall–Kier alpha value is -1.66. The van der Waals surface area contributed by atoms with E-state index in [0.29, 0.717) is 19.4 Å². The maximum atomic E-state index is 11.9. The molecule has 0 fully saturated rings. The van der Waals surface area contributed by atoms with E-state index in [2.05, 4.69) is 12.1 Å². The Bertz CT molecular complexity index is 413. The molecule has 0 radical (unpaired) electrons. The molecule has 0 unspecified atom stereocenters. The van der Waals surface area contributed by atoms with E-state index in [-0.39, 0.29) is 17.2 Å². The molecule has 0 aliphatic rings. The van der Waals surface area contributed by atoms with Crippen molar-refractivity contribution < 1.29 is 19.7 Å². The van der Waals surface area contributed by atoms with Crippen LogP contribution in [-0.4, -0.2) is 35.0 Å². The fourth-order valence-corrected chi connectivity index (χ4v) is 2.92. The van der Waals surface area contributed by atoms with Crippen LogP contribution in [-0.2, 0) is 9.53 Å². The Morgan fingerprint density at radius 2 is 1.41 bits per heavy atom. The number of rotatable bonds is 19. The van der Waals surface area contributed by atoms with Crippen molar-refractivity contribution in [3.05, 3.63) is 10.1 Å². The maximum absolute atomic E-state index is 11.9. The summed E-state index contributed by atoms with van der Waals surface area (Å²) in [6.45, 7) is 2.64. The highest BCUT2D eigenvalue weighted by Crippen LogP contribution is 2.11. The van der Waals surface area contributed by atoms with Gasteiger partial charge in [-0.25, -0.2) is 4.79 Å². The molecule has 1 N–H and O–H groups in total. The van der Waals surface area contributed by atoms with Crippen LogP contribution < -0.4 is 0 Å². The van der Waals surface area contributed by atoms with Gasteiger partial charge in [0.05, 0.1) is 6.61 Å². The highest BCUT2D eigenvalue weighted by atomic mass is 16.6. The second kappa shape index (κ2) is 19.1. The van der Waals surface area contributed by atoms with Crippen molar-refractivity contribution in [1.82, 2.24) is 0 Å². The van der Waals surface area contributed by atoms with Gasteiger partial charge in [0.15, 0.2) is 5.71 Å². The van der Waals surface area contributed by atoms with Crippen LogP contribution in [0.2, 0.25) is 0 Å². The number of carbonyl (C=O) groups is 1. The zero-order chi connectivity index (χ0) is 20.2. The van der Waals surface area contributed by atoms with Crippen molar-refractivity contribution in [2.75, 3.05) is 13.2 Å². The van der Waals surface area contributed by atoms with Gasteiger partial charge in [-0.1, -0.05) is 76.3 Å². The number of oxime groups is 1. The van der Waals surface area contributed by atoms with Crippen LogP contribution in [0.4, 0.5) is 0 Å².